The Hall–Kier alpha value is -0.810. The van der Waals surface area contributed by atoms with Crippen LogP contribution in [-0.2, 0) is 12.8 Å². The number of hydrogen-bond acceptors (Lipinski definition) is 4. The highest BCUT2D eigenvalue weighted by molar-refractivity contribution is 7.15. The average Bonchev–Trinajstić information content (AvgIpc) is 2.52. The molecule has 1 atom stereocenters. The molecule has 84 valence electrons. The zero-order valence-corrected chi connectivity index (χ0v) is 9.77. The van der Waals surface area contributed by atoms with Crippen molar-refractivity contribution in [2.24, 2.45) is 0 Å². The highest BCUT2D eigenvalue weighted by Crippen LogP contribution is 2.26. The Bertz CT molecular complexity index is 351. The molecule has 0 bridgehead atoms. The quantitative estimate of drug-likeness (QED) is 0.593. The van der Waals surface area contributed by atoms with E-state index in [4.69, 9.17) is 5.73 Å². The van der Waals surface area contributed by atoms with Gasteiger partial charge in [0.2, 0.25) is 0 Å². The number of fused-ring (bicyclic) bond motifs is 1. The second-order valence-electron chi connectivity index (χ2n) is 4.00. The van der Waals surface area contributed by atoms with Gasteiger partial charge in [-0.25, -0.2) is 4.73 Å². The number of thiazole rings is 1. The van der Waals surface area contributed by atoms with Gasteiger partial charge in [-0.2, -0.15) is 0 Å². The van der Waals surface area contributed by atoms with Crippen molar-refractivity contribution in [3.05, 3.63) is 15.8 Å². The van der Waals surface area contributed by atoms with E-state index in [1.165, 1.54) is 16.2 Å². The van der Waals surface area contributed by atoms with Gasteiger partial charge < -0.3 is 10.5 Å². The number of hydrogen-bond donors (Lipinski definition) is 2. The van der Waals surface area contributed by atoms with Gasteiger partial charge in [0.1, 0.15) is 5.69 Å². The molecule has 1 aliphatic carbocycles. The van der Waals surface area contributed by atoms with E-state index in [2.05, 4.69) is 12.2 Å². The molecule has 0 spiro atoms. The van der Waals surface area contributed by atoms with Gasteiger partial charge in [-0.15, -0.1) is 0 Å². The lowest BCUT2D eigenvalue weighted by atomic mass is 9.97. The third-order valence-electron chi connectivity index (χ3n) is 2.84. The van der Waals surface area contributed by atoms with Crippen LogP contribution < -0.4 is 15.8 Å². The molecule has 0 unspecified atom stereocenters. The van der Waals surface area contributed by atoms with Crippen LogP contribution in [0.1, 0.15) is 30.3 Å². The van der Waals surface area contributed by atoms with Crippen LogP contribution >= 0.6 is 11.3 Å². The molecule has 1 heterocycles. The molecular formula is C10H17N3OS. The van der Waals surface area contributed by atoms with Gasteiger partial charge in [-0.3, -0.25) is 5.73 Å². The van der Waals surface area contributed by atoms with Crippen LogP contribution in [0.3, 0.4) is 0 Å². The minimum Gasteiger partial charge on any atom is -0.710 e. The fraction of sp³-hybridized carbons (Fsp3) is 0.700. The molecule has 1 aliphatic rings. The topological polar surface area (TPSA) is 65.0 Å². The van der Waals surface area contributed by atoms with Crippen molar-refractivity contribution in [2.45, 2.75) is 38.6 Å². The van der Waals surface area contributed by atoms with Gasteiger partial charge >= 0.3 is 5.13 Å². The molecule has 5 heteroatoms. The van der Waals surface area contributed by atoms with Crippen molar-refractivity contribution >= 4 is 16.5 Å². The lowest BCUT2D eigenvalue weighted by molar-refractivity contribution is -0.594. The Morgan fingerprint density at radius 3 is 3.20 bits per heavy atom. The maximum atomic E-state index is 11.5. The summed E-state index contributed by atoms with van der Waals surface area (Å²) in [4.78, 5) is 1.17. The Morgan fingerprint density at radius 2 is 2.47 bits per heavy atom. The van der Waals surface area contributed by atoms with Crippen molar-refractivity contribution in [3.8, 4) is 0 Å². The summed E-state index contributed by atoms with van der Waals surface area (Å²) in [7, 11) is 0. The van der Waals surface area contributed by atoms with Crippen LogP contribution in [0.25, 0.3) is 0 Å². The highest BCUT2D eigenvalue weighted by Gasteiger charge is 2.25. The fourth-order valence-electron chi connectivity index (χ4n) is 2.03. The van der Waals surface area contributed by atoms with Crippen LogP contribution in [0.15, 0.2) is 0 Å². The number of rotatable bonds is 3. The van der Waals surface area contributed by atoms with Gasteiger partial charge in [0.15, 0.2) is 0 Å². The van der Waals surface area contributed by atoms with Gasteiger partial charge in [0.25, 0.3) is 0 Å². The molecule has 4 nitrogen and oxygen atoms in total. The second-order valence-corrected chi connectivity index (χ2v) is 5.11. The first-order valence-electron chi connectivity index (χ1n) is 5.45. The van der Waals surface area contributed by atoms with Gasteiger partial charge in [0.05, 0.1) is 4.88 Å². The van der Waals surface area contributed by atoms with E-state index in [0.29, 0.717) is 11.2 Å². The first-order valence-corrected chi connectivity index (χ1v) is 6.27. The molecule has 0 aromatic carbocycles. The summed E-state index contributed by atoms with van der Waals surface area (Å²) in [6.07, 6.45) is 4.01. The lowest BCUT2D eigenvalue weighted by Crippen LogP contribution is -2.39. The third kappa shape index (κ3) is 2.08. The second kappa shape index (κ2) is 4.37. The molecular weight excluding hydrogens is 210 g/mol. The predicted molar refractivity (Wildman–Crippen MR) is 61.8 cm³/mol. The molecule has 3 N–H and O–H groups in total. The van der Waals surface area contributed by atoms with Gasteiger partial charge in [-0.1, -0.05) is 18.3 Å². The molecule has 0 aliphatic heterocycles. The standard InChI is InChI=1S/C10H17N3OS/c1-2-5-12-7-3-4-8-9(6-7)15-10(11)13(8)14/h7,12H,2-6,11H2,1H3/t7-/m0/s1. The van der Waals surface area contributed by atoms with Crippen molar-refractivity contribution < 1.29 is 4.73 Å². The molecule has 0 amide bonds. The van der Waals surface area contributed by atoms with E-state index in [1.807, 2.05) is 0 Å². The van der Waals surface area contributed by atoms with Crippen LogP contribution in [0, 0.1) is 5.21 Å². The highest BCUT2D eigenvalue weighted by atomic mass is 32.1. The summed E-state index contributed by atoms with van der Waals surface area (Å²) >= 11 is 1.44. The summed E-state index contributed by atoms with van der Waals surface area (Å²) in [5.41, 5.74) is 6.51. The minimum atomic E-state index is 0.385. The van der Waals surface area contributed by atoms with Crippen LogP contribution in [0.2, 0.25) is 0 Å². The molecule has 15 heavy (non-hydrogen) atoms. The van der Waals surface area contributed by atoms with Crippen LogP contribution in [0.5, 0.6) is 0 Å². The normalized spacial score (nSPS) is 20.2. The zero-order chi connectivity index (χ0) is 10.8. The molecule has 0 radical (unpaired) electrons. The number of anilines is 1. The van der Waals surface area contributed by atoms with E-state index < -0.39 is 0 Å². The monoisotopic (exact) mass is 227 g/mol. The number of aromatic nitrogens is 1. The van der Waals surface area contributed by atoms with Crippen LogP contribution in [-0.4, -0.2) is 12.6 Å². The first kappa shape index (κ1) is 10.7. The SMILES string of the molecule is CCCN[C@H]1CCc2c(sc(N)[n+]2[O-])C1. The van der Waals surface area contributed by atoms with Crippen molar-refractivity contribution in [1.29, 1.82) is 0 Å². The summed E-state index contributed by atoms with van der Waals surface area (Å²) in [6, 6.07) is 0.524. The largest absolute Gasteiger partial charge is 0.710 e. The molecule has 0 fully saturated rings. The number of nitrogen functional groups attached to an aromatic ring is 1. The first-order chi connectivity index (χ1) is 7.22. The van der Waals surface area contributed by atoms with Gasteiger partial charge in [0, 0.05) is 18.9 Å². The van der Waals surface area contributed by atoms with E-state index in [0.717, 1.165) is 42.7 Å². The summed E-state index contributed by atoms with van der Waals surface area (Å²) in [5.74, 6) is 0. The minimum absolute atomic E-state index is 0.385. The van der Waals surface area contributed by atoms with Crippen LogP contribution in [0.4, 0.5) is 5.13 Å². The number of nitrogens with one attached hydrogen (secondary N) is 1. The summed E-state index contributed by atoms with van der Waals surface area (Å²) < 4.78 is 0.899. The van der Waals surface area contributed by atoms with Crippen molar-refractivity contribution in [3.63, 3.8) is 0 Å². The molecule has 2 rings (SSSR count). The lowest BCUT2D eigenvalue weighted by Gasteiger charge is -2.22. The molecule has 0 saturated heterocycles. The van der Waals surface area contributed by atoms with Gasteiger partial charge in [-0.05, 0) is 19.4 Å². The Labute approximate surface area is 93.7 Å². The zero-order valence-electron chi connectivity index (χ0n) is 8.95. The Balaban J connectivity index is 2.07. The Kier molecular flexibility index (Phi) is 3.11. The molecule has 0 saturated carbocycles. The van der Waals surface area contributed by atoms with Crippen molar-refractivity contribution in [2.75, 3.05) is 12.3 Å². The average molecular weight is 227 g/mol. The number of nitrogens with two attached hydrogens (primary N) is 1. The predicted octanol–water partition coefficient (Wildman–Crippen LogP) is 0.821. The fourth-order valence-corrected chi connectivity index (χ4v) is 3.07. The van der Waals surface area contributed by atoms with E-state index >= 15 is 0 Å². The maximum absolute atomic E-state index is 11.5. The summed E-state index contributed by atoms with van der Waals surface area (Å²) in [5, 5.41) is 15.4. The maximum Gasteiger partial charge on any atom is 0.335 e. The Morgan fingerprint density at radius 1 is 1.67 bits per heavy atom. The number of nitrogens with zero attached hydrogens (tertiary/aromatic N) is 1. The van der Waals surface area contributed by atoms with E-state index in [-0.39, 0.29) is 0 Å². The smallest absolute Gasteiger partial charge is 0.335 e. The third-order valence-corrected chi connectivity index (χ3v) is 3.86. The van der Waals surface area contributed by atoms with E-state index in [1.54, 1.807) is 0 Å². The molecule has 1 aromatic heterocycles. The van der Waals surface area contributed by atoms with Crippen molar-refractivity contribution in [1.82, 2.24) is 5.32 Å². The van der Waals surface area contributed by atoms with E-state index in [9.17, 15) is 5.21 Å². The molecule has 1 aromatic rings. The summed E-state index contributed by atoms with van der Waals surface area (Å²) in [6.45, 7) is 3.22.